The van der Waals surface area contributed by atoms with Crippen molar-refractivity contribution < 1.29 is 4.79 Å². The van der Waals surface area contributed by atoms with E-state index < -0.39 is 0 Å². The number of halogens is 1. The number of nitrogens with zero attached hydrogens (tertiary/aromatic N) is 2. The third-order valence-electron chi connectivity index (χ3n) is 2.81. The van der Waals surface area contributed by atoms with Gasteiger partial charge in [0, 0.05) is 18.0 Å². The molecule has 0 saturated heterocycles. The van der Waals surface area contributed by atoms with E-state index in [9.17, 15) is 4.79 Å². The summed E-state index contributed by atoms with van der Waals surface area (Å²) >= 11 is 5.90. The lowest BCUT2D eigenvalue weighted by Crippen LogP contribution is -2.26. The van der Waals surface area contributed by atoms with Gasteiger partial charge in [-0.2, -0.15) is 0 Å². The molecule has 0 spiro atoms. The smallest absolute Gasteiger partial charge is 0.290 e. The van der Waals surface area contributed by atoms with E-state index in [1.165, 1.54) is 0 Å². The third-order valence-corrected chi connectivity index (χ3v) is 3.04. The first kappa shape index (κ1) is 14.5. The Balaban J connectivity index is 1.82. The summed E-state index contributed by atoms with van der Waals surface area (Å²) in [7, 11) is 0. The Morgan fingerprint density at radius 3 is 3.00 bits per heavy atom. The molecule has 1 aromatic carbocycles. The molecule has 2 aromatic rings. The minimum Gasteiger partial charge on any atom is -0.349 e. The third kappa shape index (κ3) is 4.06. The highest BCUT2D eigenvalue weighted by atomic mass is 35.5. The van der Waals surface area contributed by atoms with Gasteiger partial charge >= 0.3 is 0 Å². The molecule has 2 rings (SSSR count). The second kappa shape index (κ2) is 7.05. The number of aromatic nitrogens is 3. The van der Waals surface area contributed by atoms with Crippen LogP contribution in [0.3, 0.4) is 0 Å². The van der Waals surface area contributed by atoms with Crippen LogP contribution in [0.5, 0.6) is 0 Å². The maximum atomic E-state index is 11.8. The van der Waals surface area contributed by atoms with E-state index in [0.717, 1.165) is 30.7 Å². The summed E-state index contributed by atoms with van der Waals surface area (Å²) in [6, 6.07) is 7.59. The lowest BCUT2D eigenvalue weighted by atomic mass is 10.1. The average Bonchev–Trinajstić information content (AvgIpc) is 2.88. The summed E-state index contributed by atoms with van der Waals surface area (Å²) in [6.45, 7) is 2.57. The van der Waals surface area contributed by atoms with E-state index in [0.29, 0.717) is 11.6 Å². The normalized spacial score (nSPS) is 10.5. The quantitative estimate of drug-likeness (QED) is 0.859. The Bertz CT molecular complexity index is 582. The molecular formula is C14H17ClN4O. The summed E-state index contributed by atoms with van der Waals surface area (Å²) < 4.78 is 0. The molecule has 0 aliphatic heterocycles. The number of aromatic amines is 1. The molecule has 0 unspecified atom stereocenters. The fraction of sp³-hybridized carbons (Fsp3) is 0.357. The maximum absolute atomic E-state index is 11.8. The van der Waals surface area contributed by atoms with E-state index >= 15 is 0 Å². The summed E-state index contributed by atoms with van der Waals surface area (Å²) in [5.41, 5.74) is 1.08. The van der Waals surface area contributed by atoms with Gasteiger partial charge in [0.15, 0.2) is 0 Å². The number of hydrogen-bond donors (Lipinski definition) is 2. The molecular weight excluding hydrogens is 276 g/mol. The van der Waals surface area contributed by atoms with Gasteiger partial charge in [0.1, 0.15) is 5.82 Å². The zero-order chi connectivity index (χ0) is 14.4. The molecule has 1 heterocycles. The number of hydrogen-bond acceptors (Lipinski definition) is 3. The first-order valence-electron chi connectivity index (χ1n) is 6.63. The highest BCUT2D eigenvalue weighted by Gasteiger charge is 2.11. The Morgan fingerprint density at radius 1 is 1.40 bits per heavy atom. The Morgan fingerprint density at radius 2 is 2.25 bits per heavy atom. The minimum atomic E-state index is -0.259. The molecule has 1 aromatic heterocycles. The standard InChI is InChI=1S/C14H17ClN4O/c1-2-4-12-17-13(19-18-12)14(20)16-8-7-10-5-3-6-11(15)9-10/h3,5-6,9H,2,4,7-8H2,1H3,(H,16,20)(H,17,18,19). The maximum Gasteiger partial charge on any atom is 0.290 e. The van der Waals surface area contributed by atoms with Crippen LogP contribution >= 0.6 is 11.6 Å². The first-order valence-corrected chi connectivity index (χ1v) is 7.00. The predicted octanol–water partition coefficient (Wildman–Crippen LogP) is 2.38. The molecule has 2 N–H and O–H groups in total. The molecule has 0 aliphatic carbocycles. The predicted molar refractivity (Wildman–Crippen MR) is 77.9 cm³/mol. The van der Waals surface area contributed by atoms with E-state index in [4.69, 9.17) is 11.6 Å². The number of carbonyl (C=O) groups excluding carboxylic acids is 1. The van der Waals surface area contributed by atoms with Gasteiger partial charge in [0.25, 0.3) is 5.91 Å². The topological polar surface area (TPSA) is 70.7 Å². The highest BCUT2D eigenvalue weighted by molar-refractivity contribution is 6.30. The SMILES string of the molecule is CCCc1nc(C(=O)NCCc2cccc(Cl)c2)n[nH]1. The van der Waals surface area contributed by atoms with Crippen LogP contribution in [0, 0.1) is 0 Å². The van der Waals surface area contributed by atoms with Gasteiger partial charge in [0.2, 0.25) is 5.82 Å². The Labute approximate surface area is 122 Å². The molecule has 0 saturated carbocycles. The summed E-state index contributed by atoms with van der Waals surface area (Å²) in [4.78, 5) is 16.0. The number of amides is 1. The van der Waals surface area contributed by atoms with Crippen molar-refractivity contribution in [3.8, 4) is 0 Å². The van der Waals surface area contributed by atoms with Crippen molar-refractivity contribution in [2.24, 2.45) is 0 Å². The molecule has 0 atom stereocenters. The van der Waals surface area contributed by atoms with Gasteiger partial charge in [0.05, 0.1) is 0 Å². The number of H-pyrrole nitrogens is 1. The van der Waals surface area contributed by atoms with E-state index in [1.807, 2.05) is 31.2 Å². The van der Waals surface area contributed by atoms with Crippen molar-refractivity contribution in [2.45, 2.75) is 26.2 Å². The van der Waals surface area contributed by atoms with Crippen LogP contribution in [0.4, 0.5) is 0 Å². The average molecular weight is 293 g/mol. The number of aryl methyl sites for hydroxylation is 1. The van der Waals surface area contributed by atoms with Crippen molar-refractivity contribution in [3.63, 3.8) is 0 Å². The van der Waals surface area contributed by atoms with E-state index in [2.05, 4.69) is 20.5 Å². The van der Waals surface area contributed by atoms with Crippen LogP contribution in [-0.4, -0.2) is 27.6 Å². The van der Waals surface area contributed by atoms with Crippen LogP contribution in [-0.2, 0) is 12.8 Å². The molecule has 0 bridgehead atoms. The summed E-state index contributed by atoms with van der Waals surface area (Å²) in [5, 5.41) is 10.2. The molecule has 0 aliphatic rings. The van der Waals surface area contributed by atoms with Gasteiger partial charge in [-0.3, -0.25) is 9.89 Å². The van der Waals surface area contributed by atoms with Crippen LogP contribution in [0.2, 0.25) is 5.02 Å². The second-order valence-electron chi connectivity index (χ2n) is 4.49. The molecule has 0 radical (unpaired) electrons. The molecule has 1 amide bonds. The van der Waals surface area contributed by atoms with Crippen molar-refractivity contribution in [3.05, 3.63) is 46.5 Å². The Hall–Kier alpha value is -1.88. The van der Waals surface area contributed by atoms with Crippen molar-refractivity contribution in [2.75, 3.05) is 6.54 Å². The zero-order valence-electron chi connectivity index (χ0n) is 11.3. The molecule has 5 nitrogen and oxygen atoms in total. The number of rotatable bonds is 6. The molecule has 6 heteroatoms. The largest absolute Gasteiger partial charge is 0.349 e. The lowest BCUT2D eigenvalue weighted by Gasteiger charge is -2.03. The summed E-state index contributed by atoms with van der Waals surface area (Å²) in [6.07, 6.45) is 2.48. The van der Waals surface area contributed by atoms with Gasteiger partial charge in [-0.05, 0) is 30.5 Å². The van der Waals surface area contributed by atoms with Crippen LogP contribution in [0.1, 0.15) is 35.4 Å². The van der Waals surface area contributed by atoms with E-state index in [1.54, 1.807) is 0 Å². The van der Waals surface area contributed by atoms with Gasteiger partial charge in [-0.1, -0.05) is 30.7 Å². The lowest BCUT2D eigenvalue weighted by molar-refractivity contribution is 0.0944. The number of carbonyl (C=O) groups is 1. The Kier molecular flexibility index (Phi) is 5.12. The number of benzene rings is 1. The fourth-order valence-electron chi connectivity index (χ4n) is 1.84. The van der Waals surface area contributed by atoms with Gasteiger partial charge < -0.3 is 5.32 Å². The van der Waals surface area contributed by atoms with Crippen LogP contribution in [0.25, 0.3) is 0 Å². The van der Waals surface area contributed by atoms with Crippen molar-refractivity contribution in [1.82, 2.24) is 20.5 Å². The van der Waals surface area contributed by atoms with Crippen molar-refractivity contribution >= 4 is 17.5 Å². The van der Waals surface area contributed by atoms with E-state index in [-0.39, 0.29) is 11.7 Å². The van der Waals surface area contributed by atoms with Crippen LogP contribution in [0.15, 0.2) is 24.3 Å². The number of nitrogens with one attached hydrogen (secondary N) is 2. The second-order valence-corrected chi connectivity index (χ2v) is 4.93. The fourth-order valence-corrected chi connectivity index (χ4v) is 2.05. The highest BCUT2D eigenvalue weighted by Crippen LogP contribution is 2.10. The van der Waals surface area contributed by atoms with Crippen LogP contribution < -0.4 is 5.32 Å². The van der Waals surface area contributed by atoms with Crippen molar-refractivity contribution in [1.29, 1.82) is 0 Å². The van der Waals surface area contributed by atoms with Gasteiger partial charge in [-0.25, -0.2) is 4.98 Å². The monoisotopic (exact) mass is 292 g/mol. The first-order chi connectivity index (χ1) is 9.69. The molecule has 20 heavy (non-hydrogen) atoms. The minimum absolute atomic E-state index is 0.194. The molecule has 106 valence electrons. The summed E-state index contributed by atoms with van der Waals surface area (Å²) in [5.74, 6) is 0.678. The van der Waals surface area contributed by atoms with Gasteiger partial charge in [-0.15, -0.1) is 5.10 Å². The zero-order valence-corrected chi connectivity index (χ0v) is 12.1. The molecule has 0 fully saturated rings.